The number of nitrogens with zero attached hydrogens (tertiary/aromatic N) is 2. The van der Waals surface area contributed by atoms with Crippen molar-refractivity contribution in [1.82, 2.24) is 9.21 Å². The lowest BCUT2D eigenvalue weighted by atomic mass is 10.1. The van der Waals surface area contributed by atoms with Crippen molar-refractivity contribution < 1.29 is 17.9 Å². The molecule has 1 heterocycles. The second-order valence-corrected chi connectivity index (χ2v) is 10.4. The smallest absolute Gasteiger partial charge is 0.254 e. The molecule has 0 N–H and O–H groups in total. The van der Waals surface area contributed by atoms with Crippen LogP contribution in [0, 0.1) is 6.92 Å². The molecule has 0 spiro atoms. The quantitative estimate of drug-likeness (QED) is 0.650. The molecule has 2 aromatic carbocycles. The second kappa shape index (κ2) is 9.01. The molecule has 0 atom stereocenters. The SMILES string of the molecule is COc1ccc(CN(C(=O)c2ccc(C)c(S(=O)(=O)N3CCCCC3)c2)C2CC2)cc1. The summed E-state index contributed by atoms with van der Waals surface area (Å²) in [5.41, 5.74) is 2.13. The van der Waals surface area contributed by atoms with E-state index in [9.17, 15) is 13.2 Å². The Morgan fingerprint density at radius 3 is 2.35 bits per heavy atom. The standard InChI is InChI=1S/C24H30N2O4S/c1-18-6-9-20(16-23(18)31(28,29)25-14-4-3-5-15-25)24(27)26(21-10-11-21)17-19-7-12-22(30-2)13-8-19/h6-9,12-13,16,21H,3-5,10-11,14-15,17H2,1-2H3. The lowest BCUT2D eigenvalue weighted by molar-refractivity contribution is 0.0729. The Hall–Kier alpha value is -2.38. The molecule has 1 saturated carbocycles. The largest absolute Gasteiger partial charge is 0.497 e. The van der Waals surface area contributed by atoms with Crippen LogP contribution in [0.2, 0.25) is 0 Å². The summed E-state index contributed by atoms with van der Waals surface area (Å²) in [6, 6.07) is 13.0. The van der Waals surface area contributed by atoms with Gasteiger partial charge in [0.2, 0.25) is 10.0 Å². The van der Waals surface area contributed by atoms with E-state index in [-0.39, 0.29) is 16.8 Å². The fourth-order valence-electron chi connectivity index (χ4n) is 4.10. The van der Waals surface area contributed by atoms with Crippen LogP contribution in [-0.2, 0) is 16.6 Å². The molecule has 1 amide bonds. The van der Waals surface area contributed by atoms with Crippen LogP contribution in [0.4, 0.5) is 0 Å². The fourth-order valence-corrected chi connectivity index (χ4v) is 5.87. The Morgan fingerprint density at radius 1 is 1.06 bits per heavy atom. The third kappa shape index (κ3) is 4.77. The predicted octanol–water partition coefficient (Wildman–Crippen LogP) is 3.98. The summed E-state index contributed by atoms with van der Waals surface area (Å²) in [7, 11) is -1.97. The van der Waals surface area contributed by atoms with Crippen molar-refractivity contribution in [3.05, 3.63) is 59.2 Å². The summed E-state index contributed by atoms with van der Waals surface area (Å²) < 4.78 is 33.3. The van der Waals surface area contributed by atoms with Gasteiger partial charge in [0.25, 0.3) is 5.91 Å². The molecule has 0 radical (unpaired) electrons. The van der Waals surface area contributed by atoms with Crippen molar-refractivity contribution in [2.45, 2.75) is 56.5 Å². The minimum Gasteiger partial charge on any atom is -0.497 e. The average Bonchev–Trinajstić information content (AvgIpc) is 3.63. The molecule has 1 saturated heterocycles. The highest BCUT2D eigenvalue weighted by Crippen LogP contribution is 2.31. The number of hydrogen-bond donors (Lipinski definition) is 0. The molecule has 1 aliphatic carbocycles. The molecule has 2 aromatic rings. The van der Waals surface area contributed by atoms with Crippen LogP contribution in [0.5, 0.6) is 5.75 Å². The van der Waals surface area contributed by atoms with E-state index >= 15 is 0 Å². The van der Waals surface area contributed by atoms with E-state index < -0.39 is 10.0 Å². The van der Waals surface area contributed by atoms with E-state index in [2.05, 4.69) is 0 Å². The molecule has 0 bridgehead atoms. The van der Waals surface area contributed by atoms with Crippen molar-refractivity contribution >= 4 is 15.9 Å². The highest BCUT2D eigenvalue weighted by Gasteiger charge is 2.34. The van der Waals surface area contributed by atoms with Gasteiger partial charge >= 0.3 is 0 Å². The molecular formula is C24H30N2O4S. The normalized spacial score (nSPS) is 17.4. The van der Waals surface area contributed by atoms with Gasteiger partial charge in [0, 0.05) is 31.2 Å². The van der Waals surface area contributed by atoms with Crippen LogP contribution in [0.15, 0.2) is 47.4 Å². The Morgan fingerprint density at radius 2 is 1.74 bits per heavy atom. The van der Waals surface area contributed by atoms with Gasteiger partial charge in [0.1, 0.15) is 5.75 Å². The highest BCUT2D eigenvalue weighted by atomic mass is 32.2. The third-order valence-electron chi connectivity index (χ3n) is 6.13. The van der Waals surface area contributed by atoms with Crippen molar-refractivity contribution in [3.8, 4) is 5.75 Å². The van der Waals surface area contributed by atoms with Gasteiger partial charge in [-0.25, -0.2) is 8.42 Å². The van der Waals surface area contributed by atoms with Crippen LogP contribution in [0.25, 0.3) is 0 Å². The summed E-state index contributed by atoms with van der Waals surface area (Å²) in [4.78, 5) is 15.5. The topological polar surface area (TPSA) is 66.9 Å². The number of hydrogen-bond acceptors (Lipinski definition) is 4. The fraction of sp³-hybridized carbons (Fsp3) is 0.458. The second-order valence-electron chi connectivity index (χ2n) is 8.46. The van der Waals surface area contributed by atoms with Gasteiger partial charge in [-0.05, 0) is 68.0 Å². The number of sulfonamides is 1. The van der Waals surface area contributed by atoms with Crippen LogP contribution < -0.4 is 4.74 Å². The number of methoxy groups -OCH3 is 1. The maximum absolute atomic E-state index is 13.4. The van der Waals surface area contributed by atoms with E-state index in [0.717, 1.165) is 43.4 Å². The lowest BCUT2D eigenvalue weighted by Crippen LogP contribution is -2.36. The van der Waals surface area contributed by atoms with E-state index in [1.807, 2.05) is 29.2 Å². The van der Waals surface area contributed by atoms with Crippen LogP contribution in [-0.4, -0.2) is 49.8 Å². The summed E-state index contributed by atoms with van der Waals surface area (Å²) >= 11 is 0. The van der Waals surface area contributed by atoms with Gasteiger partial charge < -0.3 is 9.64 Å². The Labute approximate surface area is 184 Å². The number of aryl methyl sites for hydroxylation is 1. The van der Waals surface area contributed by atoms with Crippen LogP contribution in [0.3, 0.4) is 0 Å². The number of carbonyl (C=O) groups is 1. The molecule has 166 valence electrons. The monoisotopic (exact) mass is 442 g/mol. The van der Waals surface area contributed by atoms with Crippen molar-refractivity contribution in [2.75, 3.05) is 20.2 Å². The number of rotatable bonds is 7. The Balaban J connectivity index is 1.60. The van der Waals surface area contributed by atoms with E-state index in [1.165, 1.54) is 0 Å². The summed E-state index contributed by atoms with van der Waals surface area (Å²) in [6.07, 6.45) is 4.78. The Bertz CT molecular complexity index is 1040. The molecule has 7 heteroatoms. The Kier molecular flexibility index (Phi) is 6.34. The lowest BCUT2D eigenvalue weighted by Gasteiger charge is -2.27. The zero-order chi connectivity index (χ0) is 22.0. The molecule has 2 fully saturated rings. The van der Waals surface area contributed by atoms with E-state index in [0.29, 0.717) is 30.8 Å². The number of amides is 1. The van der Waals surface area contributed by atoms with Crippen LogP contribution >= 0.6 is 0 Å². The first kappa shape index (κ1) is 21.8. The van der Waals surface area contributed by atoms with Gasteiger partial charge in [-0.15, -0.1) is 0 Å². The highest BCUT2D eigenvalue weighted by molar-refractivity contribution is 7.89. The van der Waals surface area contributed by atoms with Gasteiger partial charge in [-0.3, -0.25) is 4.79 Å². The number of piperidine rings is 1. The molecule has 31 heavy (non-hydrogen) atoms. The molecule has 4 rings (SSSR count). The molecule has 6 nitrogen and oxygen atoms in total. The molecular weight excluding hydrogens is 412 g/mol. The van der Waals surface area contributed by atoms with Gasteiger partial charge in [-0.1, -0.05) is 24.6 Å². The van der Waals surface area contributed by atoms with Gasteiger partial charge in [-0.2, -0.15) is 4.31 Å². The van der Waals surface area contributed by atoms with E-state index in [1.54, 1.807) is 36.5 Å². The molecule has 2 aliphatic rings. The minimum absolute atomic E-state index is 0.117. The molecule has 1 aliphatic heterocycles. The van der Waals surface area contributed by atoms with Crippen molar-refractivity contribution in [1.29, 1.82) is 0 Å². The minimum atomic E-state index is -3.60. The van der Waals surface area contributed by atoms with Gasteiger partial charge in [0.15, 0.2) is 0 Å². The van der Waals surface area contributed by atoms with Crippen molar-refractivity contribution in [3.63, 3.8) is 0 Å². The van der Waals surface area contributed by atoms with Gasteiger partial charge in [0.05, 0.1) is 12.0 Å². The first-order chi connectivity index (χ1) is 14.9. The molecule has 0 aromatic heterocycles. The first-order valence-corrected chi connectivity index (χ1v) is 12.4. The third-order valence-corrected chi connectivity index (χ3v) is 8.17. The zero-order valence-electron chi connectivity index (χ0n) is 18.2. The summed E-state index contributed by atoms with van der Waals surface area (Å²) in [5.74, 6) is 0.660. The summed E-state index contributed by atoms with van der Waals surface area (Å²) in [6.45, 7) is 3.38. The van der Waals surface area contributed by atoms with E-state index in [4.69, 9.17) is 4.74 Å². The first-order valence-electron chi connectivity index (χ1n) is 10.9. The number of benzene rings is 2. The maximum atomic E-state index is 13.4. The average molecular weight is 443 g/mol. The number of ether oxygens (including phenoxy) is 1. The molecule has 0 unspecified atom stereocenters. The number of carbonyl (C=O) groups excluding carboxylic acids is 1. The maximum Gasteiger partial charge on any atom is 0.254 e. The van der Waals surface area contributed by atoms with Crippen LogP contribution in [0.1, 0.15) is 53.6 Å². The van der Waals surface area contributed by atoms with Crippen molar-refractivity contribution in [2.24, 2.45) is 0 Å². The predicted molar refractivity (Wildman–Crippen MR) is 120 cm³/mol. The summed E-state index contributed by atoms with van der Waals surface area (Å²) in [5, 5.41) is 0. The zero-order valence-corrected chi connectivity index (χ0v) is 19.0.